The Hall–Kier alpha value is -3.63. The molecule has 3 aromatic carbocycles. The van der Waals surface area contributed by atoms with Gasteiger partial charge < -0.3 is 9.47 Å². The fraction of sp³-hybridized carbons (Fsp3) is 0.154. The molecule has 0 bridgehead atoms. The lowest BCUT2D eigenvalue weighted by molar-refractivity contribution is -0.114. The van der Waals surface area contributed by atoms with Gasteiger partial charge in [-0.05, 0) is 55.3 Å². The largest absolute Gasteiger partial charge is 0.490 e. The second-order valence-corrected chi connectivity index (χ2v) is 8.77. The maximum Gasteiger partial charge on any atom is 0.280 e. The van der Waals surface area contributed by atoms with Crippen LogP contribution in [-0.4, -0.2) is 18.2 Å². The monoisotopic (exact) mass is 570 g/mol. The van der Waals surface area contributed by atoms with Crippen molar-refractivity contribution in [3.63, 3.8) is 0 Å². The average molecular weight is 571 g/mol. The van der Waals surface area contributed by atoms with Crippen LogP contribution in [0.5, 0.6) is 11.5 Å². The van der Waals surface area contributed by atoms with E-state index in [9.17, 15) is 26.7 Å². The van der Waals surface area contributed by atoms with Gasteiger partial charge in [-0.25, -0.2) is 22.0 Å². The standard InChI is InChI=1S/C26H17Cl2F5N2O3/c1-3-37-19-10-13(5-7-18(19)38-11-14-4-6-16(27)17(28)9-14)8-15-12(2)34-35(26(15)36)25-23(32)21(30)20(29)22(31)24(25)33/h4-10H,3,11H2,1-2H3/b15-8+. The SMILES string of the molecule is CCOc1cc(/C=C2/C(=O)N(c3c(F)c(F)c(F)c(F)c3F)N=C2C)ccc1OCc1ccc(Cl)c(Cl)c1. The van der Waals surface area contributed by atoms with Crippen molar-refractivity contribution in [2.24, 2.45) is 5.10 Å². The lowest BCUT2D eigenvalue weighted by atomic mass is 10.1. The molecule has 0 aliphatic carbocycles. The molecule has 1 aliphatic heterocycles. The first-order valence-corrected chi connectivity index (χ1v) is 11.8. The fourth-order valence-corrected chi connectivity index (χ4v) is 3.89. The van der Waals surface area contributed by atoms with Gasteiger partial charge in [0.1, 0.15) is 12.3 Å². The quantitative estimate of drug-likeness (QED) is 0.128. The number of hydrogen-bond donors (Lipinski definition) is 0. The molecule has 1 heterocycles. The van der Waals surface area contributed by atoms with Crippen molar-refractivity contribution < 1.29 is 36.2 Å². The second-order valence-electron chi connectivity index (χ2n) is 7.96. The van der Waals surface area contributed by atoms with Crippen LogP contribution in [0.2, 0.25) is 10.0 Å². The van der Waals surface area contributed by atoms with Crippen molar-refractivity contribution in [1.29, 1.82) is 0 Å². The molecule has 1 aliphatic rings. The highest BCUT2D eigenvalue weighted by atomic mass is 35.5. The van der Waals surface area contributed by atoms with Crippen molar-refractivity contribution >= 4 is 46.6 Å². The molecule has 0 N–H and O–H groups in total. The average Bonchev–Trinajstić information content (AvgIpc) is 3.16. The van der Waals surface area contributed by atoms with Crippen LogP contribution in [0.1, 0.15) is 25.0 Å². The molecule has 0 unspecified atom stereocenters. The third-order valence-corrected chi connectivity index (χ3v) is 6.16. The Labute approximate surface area is 223 Å². The molecule has 12 heteroatoms. The Morgan fingerprint density at radius 3 is 2.16 bits per heavy atom. The molecule has 198 valence electrons. The van der Waals surface area contributed by atoms with Gasteiger partial charge in [0.15, 0.2) is 34.8 Å². The van der Waals surface area contributed by atoms with Gasteiger partial charge in [0.2, 0.25) is 5.82 Å². The molecule has 0 radical (unpaired) electrons. The van der Waals surface area contributed by atoms with E-state index in [2.05, 4.69) is 5.10 Å². The number of hydrazone groups is 1. The van der Waals surface area contributed by atoms with Gasteiger partial charge in [-0.15, -0.1) is 0 Å². The predicted octanol–water partition coefficient (Wildman–Crippen LogP) is 7.47. The van der Waals surface area contributed by atoms with Crippen LogP contribution in [0.25, 0.3) is 6.08 Å². The van der Waals surface area contributed by atoms with Gasteiger partial charge in [-0.2, -0.15) is 10.1 Å². The summed E-state index contributed by atoms with van der Waals surface area (Å²) in [5, 5.41) is 4.65. The predicted molar refractivity (Wildman–Crippen MR) is 133 cm³/mol. The van der Waals surface area contributed by atoms with Crippen LogP contribution < -0.4 is 14.5 Å². The van der Waals surface area contributed by atoms with Crippen LogP contribution in [0.3, 0.4) is 0 Å². The smallest absolute Gasteiger partial charge is 0.280 e. The number of halogens is 7. The number of carbonyl (C=O) groups excluding carboxylic acids is 1. The van der Waals surface area contributed by atoms with Crippen LogP contribution >= 0.6 is 23.2 Å². The molecule has 0 saturated carbocycles. The summed E-state index contributed by atoms with van der Waals surface area (Å²) in [6, 6.07) is 9.77. The number of amides is 1. The maximum absolute atomic E-state index is 14.3. The lowest BCUT2D eigenvalue weighted by Crippen LogP contribution is -2.25. The first-order valence-electron chi connectivity index (χ1n) is 11.0. The molecule has 38 heavy (non-hydrogen) atoms. The van der Waals surface area contributed by atoms with Gasteiger partial charge in [-0.1, -0.05) is 35.3 Å². The second kappa shape index (κ2) is 11.0. The van der Waals surface area contributed by atoms with E-state index >= 15 is 0 Å². The summed E-state index contributed by atoms with van der Waals surface area (Å²) < 4.78 is 80.8. The first kappa shape index (κ1) is 27.4. The zero-order valence-corrected chi connectivity index (χ0v) is 21.2. The highest BCUT2D eigenvalue weighted by molar-refractivity contribution is 6.42. The number of nitrogens with zero attached hydrogens (tertiary/aromatic N) is 2. The van der Waals surface area contributed by atoms with E-state index < -0.39 is 40.7 Å². The van der Waals surface area contributed by atoms with Crippen molar-refractivity contribution in [3.8, 4) is 11.5 Å². The summed E-state index contributed by atoms with van der Waals surface area (Å²) in [4.78, 5) is 12.9. The normalized spacial score (nSPS) is 14.3. The molecule has 0 aromatic heterocycles. The number of carbonyl (C=O) groups is 1. The summed E-state index contributed by atoms with van der Waals surface area (Å²) in [5.74, 6) is -11.4. The van der Waals surface area contributed by atoms with Crippen molar-refractivity contribution in [2.75, 3.05) is 11.6 Å². The lowest BCUT2D eigenvalue weighted by Gasteiger charge is -2.15. The molecule has 0 fully saturated rings. The molecular formula is C26H17Cl2F5N2O3. The highest BCUT2D eigenvalue weighted by Gasteiger charge is 2.37. The molecule has 0 saturated heterocycles. The third kappa shape index (κ3) is 5.19. The molecule has 1 amide bonds. The summed E-state index contributed by atoms with van der Waals surface area (Å²) >= 11 is 12.0. The highest BCUT2D eigenvalue weighted by Crippen LogP contribution is 2.35. The van der Waals surface area contributed by atoms with E-state index in [-0.39, 0.29) is 29.5 Å². The first-order chi connectivity index (χ1) is 18.0. The van der Waals surface area contributed by atoms with Crippen LogP contribution in [0.15, 0.2) is 47.1 Å². The van der Waals surface area contributed by atoms with Crippen molar-refractivity contribution in [1.82, 2.24) is 0 Å². The van der Waals surface area contributed by atoms with E-state index in [1.807, 2.05) is 0 Å². The fourth-order valence-electron chi connectivity index (χ4n) is 3.57. The Kier molecular flexibility index (Phi) is 7.94. The number of anilines is 1. The van der Waals surface area contributed by atoms with E-state index in [0.717, 1.165) is 5.56 Å². The number of ether oxygens (including phenoxy) is 2. The zero-order chi connectivity index (χ0) is 27.7. The minimum Gasteiger partial charge on any atom is -0.490 e. The third-order valence-electron chi connectivity index (χ3n) is 5.42. The summed E-state index contributed by atoms with van der Waals surface area (Å²) in [7, 11) is 0. The van der Waals surface area contributed by atoms with E-state index in [1.54, 1.807) is 43.3 Å². The molecule has 5 nitrogen and oxygen atoms in total. The zero-order valence-electron chi connectivity index (χ0n) is 19.7. The molecule has 4 rings (SSSR count). The number of rotatable bonds is 7. The maximum atomic E-state index is 14.3. The minimum atomic E-state index is -2.34. The Morgan fingerprint density at radius 1 is 0.868 bits per heavy atom. The minimum absolute atomic E-state index is 0.00292. The topological polar surface area (TPSA) is 51.1 Å². The summed E-state index contributed by atoms with van der Waals surface area (Å²) in [5.41, 5.74) is -0.412. The van der Waals surface area contributed by atoms with Gasteiger partial charge in [-0.3, -0.25) is 4.79 Å². The Balaban J connectivity index is 1.62. The van der Waals surface area contributed by atoms with E-state index in [4.69, 9.17) is 32.7 Å². The Bertz CT molecular complexity index is 1480. The summed E-state index contributed by atoms with van der Waals surface area (Å²) in [6.07, 6.45) is 1.35. The molecule has 3 aromatic rings. The van der Waals surface area contributed by atoms with Gasteiger partial charge >= 0.3 is 0 Å². The van der Waals surface area contributed by atoms with Gasteiger partial charge in [0, 0.05) is 0 Å². The van der Waals surface area contributed by atoms with Gasteiger partial charge in [0.25, 0.3) is 5.91 Å². The van der Waals surface area contributed by atoms with Crippen LogP contribution in [-0.2, 0) is 11.4 Å². The van der Waals surface area contributed by atoms with E-state index in [0.29, 0.717) is 27.1 Å². The van der Waals surface area contributed by atoms with Gasteiger partial charge in [0.05, 0.1) is 27.9 Å². The van der Waals surface area contributed by atoms with Crippen LogP contribution in [0.4, 0.5) is 27.6 Å². The molecule has 0 atom stereocenters. The summed E-state index contributed by atoms with van der Waals surface area (Å²) in [6.45, 7) is 3.55. The van der Waals surface area contributed by atoms with E-state index in [1.165, 1.54) is 13.0 Å². The van der Waals surface area contributed by atoms with Crippen LogP contribution in [0, 0.1) is 29.1 Å². The molecule has 0 spiro atoms. The Morgan fingerprint density at radius 2 is 1.53 bits per heavy atom. The molecular weight excluding hydrogens is 554 g/mol. The number of benzene rings is 3. The van der Waals surface area contributed by atoms with Crippen molar-refractivity contribution in [3.05, 3.63) is 92.2 Å². The van der Waals surface area contributed by atoms with Crippen molar-refractivity contribution in [2.45, 2.75) is 20.5 Å². The number of hydrogen-bond acceptors (Lipinski definition) is 4.